The molecule has 3 rings (SSSR count). The topological polar surface area (TPSA) is 53.1 Å². The highest BCUT2D eigenvalue weighted by atomic mass is 16.5. The number of rotatable bonds is 3. The summed E-state index contributed by atoms with van der Waals surface area (Å²) < 4.78 is 5.42. The zero-order chi connectivity index (χ0) is 13.9. The van der Waals surface area contributed by atoms with E-state index in [2.05, 4.69) is 16.1 Å². The van der Waals surface area contributed by atoms with Crippen LogP contribution in [0, 0.1) is 18.3 Å². The Morgan fingerprint density at radius 3 is 3.05 bits per heavy atom. The van der Waals surface area contributed by atoms with E-state index in [4.69, 9.17) is 4.52 Å². The van der Waals surface area contributed by atoms with Gasteiger partial charge in [-0.25, -0.2) is 0 Å². The van der Waals surface area contributed by atoms with Gasteiger partial charge in [0.2, 0.25) is 0 Å². The fourth-order valence-corrected chi connectivity index (χ4v) is 2.86. The molecule has 4 nitrogen and oxygen atoms in total. The van der Waals surface area contributed by atoms with Crippen LogP contribution in [0.3, 0.4) is 0 Å². The van der Waals surface area contributed by atoms with Crippen LogP contribution in [0.5, 0.6) is 0 Å². The highest BCUT2D eigenvalue weighted by Crippen LogP contribution is 2.33. The number of likely N-dealkylation sites (tertiary alicyclic amines) is 1. The van der Waals surface area contributed by atoms with Crippen LogP contribution in [0.1, 0.15) is 41.5 Å². The van der Waals surface area contributed by atoms with Crippen molar-refractivity contribution in [3.63, 3.8) is 0 Å². The summed E-state index contributed by atoms with van der Waals surface area (Å²) in [5.74, 6) is 0.939. The molecule has 2 heterocycles. The van der Waals surface area contributed by atoms with Gasteiger partial charge < -0.3 is 4.52 Å². The van der Waals surface area contributed by atoms with Crippen LogP contribution >= 0.6 is 0 Å². The van der Waals surface area contributed by atoms with Crippen molar-refractivity contribution in [3.05, 3.63) is 52.9 Å². The number of aromatic nitrogens is 1. The zero-order valence-electron chi connectivity index (χ0n) is 11.5. The van der Waals surface area contributed by atoms with E-state index in [0.717, 1.165) is 48.5 Å². The van der Waals surface area contributed by atoms with Crippen molar-refractivity contribution in [1.82, 2.24) is 10.1 Å². The smallest absolute Gasteiger partial charge is 0.154 e. The molecule has 102 valence electrons. The molecule has 1 aliphatic heterocycles. The quantitative estimate of drug-likeness (QED) is 0.857. The van der Waals surface area contributed by atoms with E-state index in [-0.39, 0.29) is 6.04 Å². The van der Waals surface area contributed by atoms with Gasteiger partial charge in [0.25, 0.3) is 0 Å². The van der Waals surface area contributed by atoms with E-state index in [1.165, 1.54) is 0 Å². The van der Waals surface area contributed by atoms with Crippen LogP contribution in [0.2, 0.25) is 0 Å². The first-order valence-electron chi connectivity index (χ1n) is 6.93. The second-order valence-corrected chi connectivity index (χ2v) is 5.27. The number of hydrogen-bond acceptors (Lipinski definition) is 4. The van der Waals surface area contributed by atoms with Crippen molar-refractivity contribution in [3.8, 4) is 6.07 Å². The van der Waals surface area contributed by atoms with Gasteiger partial charge in [-0.2, -0.15) is 5.26 Å². The number of hydrogen-bond donors (Lipinski definition) is 0. The van der Waals surface area contributed by atoms with Gasteiger partial charge in [0.15, 0.2) is 5.76 Å². The SMILES string of the molecule is Cc1cc(C2CCCN2Cc2ccccc2C#N)on1. The molecule has 0 spiro atoms. The first-order valence-corrected chi connectivity index (χ1v) is 6.93. The van der Waals surface area contributed by atoms with Gasteiger partial charge in [-0.05, 0) is 37.9 Å². The molecule has 1 saturated heterocycles. The predicted molar refractivity (Wildman–Crippen MR) is 74.8 cm³/mol. The minimum atomic E-state index is 0.281. The number of nitrogens with zero attached hydrogens (tertiary/aromatic N) is 3. The standard InChI is InChI=1S/C16H17N3O/c1-12-9-16(20-18-12)15-7-4-8-19(15)11-14-6-3-2-5-13(14)10-17/h2-3,5-6,9,15H,4,7-8,11H2,1H3. The average Bonchev–Trinajstić information content (AvgIpc) is 3.08. The van der Waals surface area contributed by atoms with Crippen LogP contribution in [-0.2, 0) is 6.54 Å². The van der Waals surface area contributed by atoms with E-state index in [1.807, 2.05) is 37.3 Å². The minimum absolute atomic E-state index is 0.281. The Bertz CT molecular complexity index is 641. The highest BCUT2D eigenvalue weighted by Gasteiger charge is 2.29. The van der Waals surface area contributed by atoms with E-state index >= 15 is 0 Å². The summed E-state index contributed by atoms with van der Waals surface area (Å²) in [5, 5.41) is 13.2. The monoisotopic (exact) mass is 267 g/mol. The molecule has 0 aliphatic carbocycles. The van der Waals surface area contributed by atoms with Crippen LogP contribution in [0.25, 0.3) is 0 Å². The maximum Gasteiger partial charge on any atom is 0.154 e. The summed E-state index contributed by atoms with van der Waals surface area (Å²) in [6, 6.07) is 12.4. The Morgan fingerprint density at radius 1 is 1.45 bits per heavy atom. The molecule has 1 unspecified atom stereocenters. The molecule has 0 bridgehead atoms. The maximum absolute atomic E-state index is 9.18. The number of aryl methyl sites for hydroxylation is 1. The lowest BCUT2D eigenvalue weighted by Gasteiger charge is -2.22. The Morgan fingerprint density at radius 2 is 2.30 bits per heavy atom. The van der Waals surface area contributed by atoms with Crippen molar-refractivity contribution >= 4 is 0 Å². The van der Waals surface area contributed by atoms with Gasteiger partial charge in [-0.3, -0.25) is 4.90 Å². The molecule has 20 heavy (non-hydrogen) atoms. The molecule has 0 saturated carbocycles. The summed E-state index contributed by atoms with van der Waals surface area (Å²) in [7, 11) is 0. The first-order chi connectivity index (χ1) is 9.78. The molecule has 1 aliphatic rings. The minimum Gasteiger partial charge on any atom is -0.359 e. The normalized spacial score (nSPS) is 19.1. The van der Waals surface area contributed by atoms with Gasteiger partial charge in [0, 0.05) is 12.6 Å². The molecule has 1 atom stereocenters. The molecular formula is C16H17N3O. The van der Waals surface area contributed by atoms with Crippen molar-refractivity contribution in [2.24, 2.45) is 0 Å². The van der Waals surface area contributed by atoms with Crippen molar-refractivity contribution in [1.29, 1.82) is 5.26 Å². The Labute approximate surface area is 118 Å². The third kappa shape index (κ3) is 2.45. The third-order valence-electron chi connectivity index (χ3n) is 3.85. The lowest BCUT2D eigenvalue weighted by atomic mass is 10.1. The van der Waals surface area contributed by atoms with E-state index in [1.54, 1.807) is 0 Å². The van der Waals surface area contributed by atoms with Gasteiger partial charge in [-0.15, -0.1) is 0 Å². The molecule has 1 aromatic carbocycles. The first kappa shape index (κ1) is 12.9. The lowest BCUT2D eigenvalue weighted by molar-refractivity contribution is 0.206. The van der Waals surface area contributed by atoms with Gasteiger partial charge in [0.1, 0.15) is 0 Å². The molecule has 0 N–H and O–H groups in total. The summed E-state index contributed by atoms with van der Waals surface area (Å²) >= 11 is 0. The lowest BCUT2D eigenvalue weighted by Crippen LogP contribution is -2.22. The van der Waals surface area contributed by atoms with Gasteiger partial charge >= 0.3 is 0 Å². The molecular weight excluding hydrogens is 250 g/mol. The number of benzene rings is 1. The van der Waals surface area contributed by atoms with Crippen LogP contribution in [0.15, 0.2) is 34.9 Å². The summed E-state index contributed by atoms with van der Waals surface area (Å²) in [6.07, 6.45) is 2.24. The largest absolute Gasteiger partial charge is 0.359 e. The fraction of sp³-hybridized carbons (Fsp3) is 0.375. The summed E-state index contributed by atoms with van der Waals surface area (Å²) in [5.41, 5.74) is 2.76. The fourth-order valence-electron chi connectivity index (χ4n) is 2.86. The summed E-state index contributed by atoms with van der Waals surface area (Å²) in [4.78, 5) is 2.37. The molecule has 1 aromatic heterocycles. The van der Waals surface area contributed by atoms with Gasteiger partial charge in [0.05, 0.1) is 23.4 Å². The molecule has 2 aromatic rings. The van der Waals surface area contributed by atoms with Crippen molar-refractivity contribution in [2.45, 2.75) is 32.4 Å². The Balaban J connectivity index is 1.81. The maximum atomic E-state index is 9.18. The summed E-state index contributed by atoms with van der Waals surface area (Å²) in [6.45, 7) is 3.76. The van der Waals surface area contributed by atoms with E-state index in [9.17, 15) is 5.26 Å². The van der Waals surface area contributed by atoms with E-state index < -0.39 is 0 Å². The Kier molecular flexibility index (Phi) is 3.53. The molecule has 0 radical (unpaired) electrons. The average molecular weight is 267 g/mol. The van der Waals surface area contributed by atoms with Crippen LogP contribution in [0.4, 0.5) is 0 Å². The van der Waals surface area contributed by atoms with E-state index in [0.29, 0.717) is 0 Å². The molecule has 4 heteroatoms. The highest BCUT2D eigenvalue weighted by molar-refractivity contribution is 5.37. The molecule has 1 fully saturated rings. The zero-order valence-corrected chi connectivity index (χ0v) is 11.5. The third-order valence-corrected chi connectivity index (χ3v) is 3.85. The predicted octanol–water partition coefficient (Wildman–Crippen LogP) is 3.19. The second kappa shape index (κ2) is 5.48. The Hall–Kier alpha value is -2.12. The molecule has 0 amide bonds. The van der Waals surface area contributed by atoms with Crippen LogP contribution in [-0.4, -0.2) is 16.6 Å². The van der Waals surface area contributed by atoms with Crippen LogP contribution < -0.4 is 0 Å². The van der Waals surface area contributed by atoms with Gasteiger partial charge in [-0.1, -0.05) is 23.4 Å². The second-order valence-electron chi connectivity index (χ2n) is 5.27. The van der Waals surface area contributed by atoms with Crippen molar-refractivity contribution in [2.75, 3.05) is 6.54 Å². The van der Waals surface area contributed by atoms with Crippen molar-refractivity contribution < 1.29 is 4.52 Å². The number of nitriles is 1.